The Morgan fingerprint density at radius 2 is 1.92 bits per heavy atom. The van der Waals surface area contributed by atoms with Crippen molar-refractivity contribution in [2.24, 2.45) is 11.3 Å². The lowest BCUT2D eigenvalue weighted by atomic mass is 9.57. The fraction of sp³-hybridized carbons (Fsp3) is 1.00. The lowest BCUT2D eigenvalue weighted by Gasteiger charge is -2.50. The topological polar surface area (TPSA) is 12.0 Å². The van der Waals surface area contributed by atoms with Crippen molar-refractivity contribution >= 4 is 0 Å². The largest absolute Gasteiger partial charge is 0.317 e. The van der Waals surface area contributed by atoms with Crippen molar-refractivity contribution in [1.82, 2.24) is 5.32 Å². The molecule has 0 bridgehead atoms. The first-order valence-corrected chi connectivity index (χ1v) is 5.55. The van der Waals surface area contributed by atoms with Gasteiger partial charge >= 0.3 is 0 Å². The summed E-state index contributed by atoms with van der Waals surface area (Å²) in [4.78, 5) is 0. The first-order chi connectivity index (χ1) is 5.85. The van der Waals surface area contributed by atoms with Crippen LogP contribution in [-0.2, 0) is 0 Å². The van der Waals surface area contributed by atoms with E-state index < -0.39 is 0 Å². The monoisotopic (exact) mass is 167 g/mol. The van der Waals surface area contributed by atoms with Gasteiger partial charge in [0.25, 0.3) is 0 Å². The summed E-state index contributed by atoms with van der Waals surface area (Å²) in [5, 5.41) is 3.45. The third kappa shape index (κ3) is 1.52. The SMILES string of the molecule is CCCC1CC2(CCNCC2)C1. The predicted octanol–water partition coefficient (Wildman–Crippen LogP) is 2.57. The Hall–Kier alpha value is -0.0400. The van der Waals surface area contributed by atoms with E-state index in [-0.39, 0.29) is 0 Å². The Morgan fingerprint density at radius 1 is 1.25 bits per heavy atom. The summed E-state index contributed by atoms with van der Waals surface area (Å²) in [7, 11) is 0. The highest BCUT2D eigenvalue weighted by atomic mass is 14.9. The quantitative estimate of drug-likeness (QED) is 0.666. The van der Waals surface area contributed by atoms with E-state index in [2.05, 4.69) is 12.2 Å². The predicted molar refractivity (Wildman–Crippen MR) is 52.2 cm³/mol. The van der Waals surface area contributed by atoms with Crippen LogP contribution < -0.4 is 5.32 Å². The van der Waals surface area contributed by atoms with Gasteiger partial charge in [-0.3, -0.25) is 0 Å². The second kappa shape index (κ2) is 3.37. The standard InChI is InChI=1S/C11H21N/c1-2-3-10-8-11(9-10)4-6-12-7-5-11/h10,12H,2-9H2,1H3. The molecule has 1 aliphatic carbocycles. The van der Waals surface area contributed by atoms with E-state index >= 15 is 0 Å². The van der Waals surface area contributed by atoms with Gasteiger partial charge in [0.15, 0.2) is 0 Å². The molecule has 1 N–H and O–H groups in total. The molecular weight excluding hydrogens is 146 g/mol. The van der Waals surface area contributed by atoms with Crippen molar-refractivity contribution in [3.63, 3.8) is 0 Å². The minimum Gasteiger partial charge on any atom is -0.317 e. The van der Waals surface area contributed by atoms with Crippen LogP contribution in [0.4, 0.5) is 0 Å². The maximum absolute atomic E-state index is 3.45. The molecule has 2 fully saturated rings. The van der Waals surface area contributed by atoms with Crippen molar-refractivity contribution in [3.05, 3.63) is 0 Å². The van der Waals surface area contributed by atoms with E-state index in [0.717, 1.165) is 11.3 Å². The molecule has 0 radical (unpaired) electrons. The molecule has 1 saturated heterocycles. The van der Waals surface area contributed by atoms with Gasteiger partial charge in [-0.15, -0.1) is 0 Å². The molecule has 0 atom stereocenters. The Kier molecular flexibility index (Phi) is 2.40. The van der Waals surface area contributed by atoms with Gasteiger partial charge in [0.2, 0.25) is 0 Å². The van der Waals surface area contributed by atoms with Crippen LogP contribution in [0, 0.1) is 11.3 Å². The summed E-state index contributed by atoms with van der Waals surface area (Å²) < 4.78 is 0. The first kappa shape index (κ1) is 8.55. The van der Waals surface area contributed by atoms with Crippen LogP contribution in [0.5, 0.6) is 0 Å². The van der Waals surface area contributed by atoms with Gasteiger partial charge in [-0.05, 0) is 50.1 Å². The zero-order valence-corrected chi connectivity index (χ0v) is 8.23. The van der Waals surface area contributed by atoms with Crippen LogP contribution in [0.1, 0.15) is 45.4 Å². The molecule has 1 heteroatoms. The molecule has 0 aromatic heterocycles. The molecule has 12 heavy (non-hydrogen) atoms. The van der Waals surface area contributed by atoms with Crippen LogP contribution in [0.3, 0.4) is 0 Å². The number of hydrogen-bond donors (Lipinski definition) is 1. The van der Waals surface area contributed by atoms with Crippen LogP contribution in [0.15, 0.2) is 0 Å². The average Bonchev–Trinajstić information content (AvgIpc) is 2.04. The lowest BCUT2D eigenvalue weighted by Crippen LogP contribution is -2.45. The Balaban J connectivity index is 1.77. The number of hydrogen-bond acceptors (Lipinski definition) is 1. The molecule has 1 nitrogen and oxygen atoms in total. The van der Waals surface area contributed by atoms with E-state index in [4.69, 9.17) is 0 Å². The molecule has 1 aliphatic heterocycles. The molecule has 0 aromatic carbocycles. The number of nitrogens with one attached hydrogen (secondary N) is 1. The van der Waals surface area contributed by atoms with Gasteiger partial charge in [-0.2, -0.15) is 0 Å². The van der Waals surface area contributed by atoms with Crippen molar-refractivity contribution in [2.75, 3.05) is 13.1 Å². The second-order valence-corrected chi connectivity index (χ2v) is 4.81. The van der Waals surface area contributed by atoms with E-state index in [1.807, 2.05) is 0 Å². The molecule has 1 saturated carbocycles. The molecular formula is C11H21N. The van der Waals surface area contributed by atoms with Crippen molar-refractivity contribution < 1.29 is 0 Å². The Bertz CT molecular complexity index is 139. The summed E-state index contributed by atoms with van der Waals surface area (Å²) in [6, 6.07) is 0. The third-order valence-electron chi connectivity index (χ3n) is 3.80. The number of rotatable bonds is 2. The zero-order valence-electron chi connectivity index (χ0n) is 8.23. The maximum Gasteiger partial charge on any atom is -0.00436 e. The van der Waals surface area contributed by atoms with Crippen molar-refractivity contribution in [2.45, 2.75) is 45.4 Å². The van der Waals surface area contributed by atoms with E-state index in [0.29, 0.717) is 0 Å². The lowest BCUT2D eigenvalue weighted by molar-refractivity contribution is 0.0172. The number of piperidine rings is 1. The van der Waals surface area contributed by atoms with Crippen molar-refractivity contribution in [1.29, 1.82) is 0 Å². The molecule has 0 aromatic rings. The highest BCUT2D eigenvalue weighted by Gasteiger charge is 2.43. The zero-order chi connectivity index (χ0) is 8.44. The maximum atomic E-state index is 3.45. The van der Waals surface area contributed by atoms with Gasteiger partial charge in [0.1, 0.15) is 0 Å². The Morgan fingerprint density at radius 3 is 2.50 bits per heavy atom. The summed E-state index contributed by atoms with van der Waals surface area (Å²) in [5.74, 6) is 1.09. The summed E-state index contributed by atoms with van der Waals surface area (Å²) in [6.45, 7) is 4.87. The molecule has 0 unspecified atom stereocenters. The van der Waals surface area contributed by atoms with Gasteiger partial charge < -0.3 is 5.32 Å². The minimum atomic E-state index is 0.811. The summed E-state index contributed by atoms with van der Waals surface area (Å²) >= 11 is 0. The molecule has 1 heterocycles. The van der Waals surface area contributed by atoms with Gasteiger partial charge in [-0.1, -0.05) is 19.8 Å². The van der Waals surface area contributed by atoms with E-state index in [1.165, 1.54) is 38.8 Å². The highest BCUT2D eigenvalue weighted by Crippen LogP contribution is 2.52. The van der Waals surface area contributed by atoms with Crippen LogP contribution in [-0.4, -0.2) is 13.1 Å². The average molecular weight is 167 g/mol. The molecule has 2 rings (SSSR count). The van der Waals surface area contributed by atoms with Gasteiger partial charge in [0, 0.05) is 0 Å². The van der Waals surface area contributed by atoms with E-state index in [9.17, 15) is 0 Å². The molecule has 1 spiro atoms. The normalized spacial score (nSPS) is 28.8. The van der Waals surface area contributed by atoms with Gasteiger partial charge in [0.05, 0.1) is 0 Å². The van der Waals surface area contributed by atoms with Crippen LogP contribution >= 0.6 is 0 Å². The fourth-order valence-electron chi connectivity index (χ4n) is 3.14. The molecule has 70 valence electrons. The highest BCUT2D eigenvalue weighted by molar-refractivity contribution is 4.95. The summed E-state index contributed by atoms with van der Waals surface area (Å²) in [6.07, 6.45) is 8.86. The molecule has 0 amide bonds. The molecule has 2 aliphatic rings. The van der Waals surface area contributed by atoms with E-state index in [1.54, 1.807) is 12.8 Å². The third-order valence-corrected chi connectivity index (χ3v) is 3.80. The minimum absolute atomic E-state index is 0.811. The second-order valence-electron chi connectivity index (χ2n) is 4.81. The fourth-order valence-corrected chi connectivity index (χ4v) is 3.14. The van der Waals surface area contributed by atoms with Gasteiger partial charge in [-0.25, -0.2) is 0 Å². The first-order valence-electron chi connectivity index (χ1n) is 5.55. The summed E-state index contributed by atoms with van der Waals surface area (Å²) in [5.41, 5.74) is 0.811. The Labute approximate surface area is 75.9 Å². The van der Waals surface area contributed by atoms with Crippen LogP contribution in [0.2, 0.25) is 0 Å². The van der Waals surface area contributed by atoms with Crippen molar-refractivity contribution in [3.8, 4) is 0 Å². The smallest absolute Gasteiger partial charge is 0.00436 e. The van der Waals surface area contributed by atoms with Crippen LogP contribution in [0.25, 0.3) is 0 Å².